The fourth-order valence-corrected chi connectivity index (χ4v) is 2.09. The molecule has 0 saturated heterocycles. The van der Waals surface area contributed by atoms with E-state index in [0.717, 1.165) is 0 Å². The van der Waals surface area contributed by atoms with Gasteiger partial charge >= 0.3 is 5.97 Å². The molecule has 1 aromatic heterocycles. The lowest BCUT2D eigenvalue weighted by Gasteiger charge is -2.12. The van der Waals surface area contributed by atoms with Crippen molar-refractivity contribution in [3.8, 4) is 5.75 Å². The number of carboxylic acids is 1. The van der Waals surface area contributed by atoms with Gasteiger partial charge < -0.3 is 15.2 Å². The second-order valence-corrected chi connectivity index (χ2v) is 4.54. The fourth-order valence-electron chi connectivity index (χ4n) is 1.33. The highest BCUT2D eigenvalue weighted by molar-refractivity contribution is 7.12. The van der Waals surface area contributed by atoms with Gasteiger partial charge in [0.15, 0.2) is 0 Å². The van der Waals surface area contributed by atoms with Crippen LogP contribution in [0.25, 0.3) is 0 Å². The molecule has 1 atom stereocenters. The average molecular weight is 257 g/mol. The van der Waals surface area contributed by atoms with Gasteiger partial charge in [0.1, 0.15) is 10.6 Å². The normalized spacial score (nSPS) is 11.9. The van der Waals surface area contributed by atoms with Gasteiger partial charge in [-0.05, 0) is 24.8 Å². The van der Waals surface area contributed by atoms with Crippen molar-refractivity contribution in [3.05, 3.63) is 16.3 Å². The minimum atomic E-state index is -0.861. The highest BCUT2D eigenvalue weighted by Crippen LogP contribution is 2.24. The van der Waals surface area contributed by atoms with Crippen LogP contribution in [-0.4, -0.2) is 30.1 Å². The summed E-state index contributed by atoms with van der Waals surface area (Å²) in [5.74, 6) is -0.549. The summed E-state index contributed by atoms with van der Waals surface area (Å²) in [6.07, 6.45) is 0.456. The SMILES string of the molecule is COc1ccsc1C(=O)NC(C)CCC(=O)O. The average Bonchev–Trinajstić information content (AvgIpc) is 2.74. The van der Waals surface area contributed by atoms with Crippen molar-refractivity contribution >= 4 is 23.2 Å². The lowest BCUT2D eigenvalue weighted by atomic mass is 10.2. The van der Waals surface area contributed by atoms with Crippen molar-refractivity contribution < 1.29 is 19.4 Å². The van der Waals surface area contributed by atoms with Crippen LogP contribution in [0.3, 0.4) is 0 Å². The van der Waals surface area contributed by atoms with Crippen molar-refractivity contribution in [2.75, 3.05) is 7.11 Å². The first-order valence-electron chi connectivity index (χ1n) is 5.18. The Bertz CT molecular complexity index is 402. The summed E-state index contributed by atoms with van der Waals surface area (Å²) >= 11 is 1.30. The highest BCUT2D eigenvalue weighted by atomic mass is 32.1. The molecule has 0 aliphatic carbocycles. The van der Waals surface area contributed by atoms with Gasteiger partial charge in [0, 0.05) is 12.5 Å². The molecule has 0 bridgehead atoms. The van der Waals surface area contributed by atoms with Gasteiger partial charge in [0.2, 0.25) is 0 Å². The zero-order chi connectivity index (χ0) is 12.8. The Labute approximate surface area is 103 Å². The summed E-state index contributed by atoms with van der Waals surface area (Å²) in [5, 5.41) is 13.0. The number of ether oxygens (including phenoxy) is 1. The molecular formula is C11H15NO4S. The summed E-state index contributed by atoms with van der Waals surface area (Å²) < 4.78 is 5.04. The molecule has 17 heavy (non-hydrogen) atoms. The largest absolute Gasteiger partial charge is 0.495 e. The minimum Gasteiger partial charge on any atom is -0.495 e. The maximum absolute atomic E-state index is 11.8. The Hall–Kier alpha value is -1.56. The van der Waals surface area contributed by atoms with Gasteiger partial charge in [-0.25, -0.2) is 0 Å². The summed E-state index contributed by atoms with van der Waals surface area (Å²) in [6.45, 7) is 1.78. The molecule has 0 aliphatic rings. The molecule has 1 rings (SSSR count). The van der Waals surface area contributed by atoms with E-state index in [2.05, 4.69) is 5.32 Å². The third-order valence-electron chi connectivity index (χ3n) is 2.22. The molecule has 0 spiro atoms. The molecule has 0 radical (unpaired) electrons. The van der Waals surface area contributed by atoms with Crippen LogP contribution in [0, 0.1) is 0 Å². The van der Waals surface area contributed by atoms with Crippen LogP contribution in [0.1, 0.15) is 29.4 Å². The summed E-state index contributed by atoms with van der Waals surface area (Å²) in [5.41, 5.74) is 0. The molecule has 0 aromatic carbocycles. The van der Waals surface area contributed by atoms with Gasteiger partial charge in [-0.1, -0.05) is 0 Å². The third-order valence-corrected chi connectivity index (χ3v) is 3.12. The standard InChI is InChI=1S/C11H15NO4S/c1-7(3-4-9(13)14)12-11(15)10-8(16-2)5-6-17-10/h5-7H,3-4H2,1-2H3,(H,12,15)(H,13,14). The smallest absolute Gasteiger partial charge is 0.303 e. The van der Waals surface area contributed by atoms with Crippen molar-refractivity contribution in [1.29, 1.82) is 0 Å². The van der Waals surface area contributed by atoms with E-state index in [1.807, 2.05) is 0 Å². The van der Waals surface area contributed by atoms with E-state index < -0.39 is 5.97 Å². The van der Waals surface area contributed by atoms with E-state index in [0.29, 0.717) is 17.0 Å². The zero-order valence-electron chi connectivity index (χ0n) is 9.73. The number of rotatable bonds is 6. The maximum atomic E-state index is 11.8. The van der Waals surface area contributed by atoms with Crippen LogP contribution in [-0.2, 0) is 4.79 Å². The lowest BCUT2D eigenvalue weighted by molar-refractivity contribution is -0.137. The number of thiophene rings is 1. The zero-order valence-corrected chi connectivity index (χ0v) is 10.5. The molecule has 1 aromatic rings. The van der Waals surface area contributed by atoms with E-state index in [1.165, 1.54) is 18.4 Å². The number of carbonyl (C=O) groups is 2. The van der Waals surface area contributed by atoms with Crippen LogP contribution in [0.15, 0.2) is 11.4 Å². The Morgan fingerprint density at radius 1 is 1.59 bits per heavy atom. The summed E-state index contributed by atoms with van der Waals surface area (Å²) in [4.78, 5) is 22.7. The Morgan fingerprint density at radius 3 is 2.88 bits per heavy atom. The first-order valence-corrected chi connectivity index (χ1v) is 6.06. The van der Waals surface area contributed by atoms with Crippen LogP contribution in [0.5, 0.6) is 5.75 Å². The number of nitrogens with one attached hydrogen (secondary N) is 1. The third kappa shape index (κ3) is 4.07. The van der Waals surface area contributed by atoms with Crippen molar-refractivity contribution in [1.82, 2.24) is 5.32 Å². The van der Waals surface area contributed by atoms with E-state index in [1.54, 1.807) is 18.4 Å². The van der Waals surface area contributed by atoms with Gasteiger partial charge in [-0.15, -0.1) is 11.3 Å². The van der Waals surface area contributed by atoms with Crippen LogP contribution in [0.2, 0.25) is 0 Å². The highest BCUT2D eigenvalue weighted by Gasteiger charge is 2.16. The molecule has 1 amide bonds. The van der Waals surface area contributed by atoms with Crippen molar-refractivity contribution in [3.63, 3.8) is 0 Å². The summed E-state index contributed by atoms with van der Waals surface area (Å²) in [7, 11) is 1.51. The van der Waals surface area contributed by atoms with Gasteiger partial charge in [0.25, 0.3) is 5.91 Å². The van der Waals surface area contributed by atoms with Crippen molar-refractivity contribution in [2.24, 2.45) is 0 Å². The Morgan fingerprint density at radius 2 is 2.29 bits per heavy atom. The summed E-state index contributed by atoms with van der Waals surface area (Å²) in [6, 6.07) is 1.55. The van der Waals surface area contributed by atoms with Gasteiger partial charge in [-0.3, -0.25) is 9.59 Å². The van der Waals surface area contributed by atoms with E-state index >= 15 is 0 Å². The monoisotopic (exact) mass is 257 g/mol. The minimum absolute atomic E-state index is 0.0447. The predicted molar refractivity (Wildman–Crippen MR) is 64.7 cm³/mol. The molecule has 94 valence electrons. The fraction of sp³-hybridized carbons (Fsp3) is 0.455. The molecule has 0 aliphatic heterocycles. The van der Waals surface area contributed by atoms with E-state index in [4.69, 9.17) is 9.84 Å². The van der Waals surface area contributed by atoms with E-state index in [9.17, 15) is 9.59 Å². The van der Waals surface area contributed by atoms with Crippen LogP contribution >= 0.6 is 11.3 Å². The quantitative estimate of drug-likeness (QED) is 0.814. The molecule has 1 unspecified atom stereocenters. The first-order chi connectivity index (χ1) is 8.04. The number of aliphatic carboxylic acids is 1. The number of amides is 1. The number of hydrogen-bond acceptors (Lipinski definition) is 4. The Balaban J connectivity index is 2.51. The molecule has 0 saturated carbocycles. The second kappa shape index (κ2) is 6.24. The van der Waals surface area contributed by atoms with Crippen LogP contribution in [0.4, 0.5) is 0 Å². The predicted octanol–water partition coefficient (Wildman–Crippen LogP) is 1.74. The lowest BCUT2D eigenvalue weighted by Crippen LogP contribution is -2.32. The molecule has 2 N–H and O–H groups in total. The number of carbonyl (C=O) groups excluding carboxylic acids is 1. The Kier molecular flexibility index (Phi) is 4.96. The molecular weight excluding hydrogens is 242 g/mol. The molecule has 6 heteroatoms. The van der Waals surface area contributed by atoms with Gasteiger partial charge in [0.05, 0.1) is 7.11 Å². The van der Waals surface area contributed by atoms with Crippen molar-refractivity contribution in [2.45, 2.75) is 25.8 Å². The number of methoxy groups -OCH3 is 1. The first kappa shape index (κ1) is 13.5. The topological polar surface area (TPSA) is 75.6 Å². The van der Waals surface area contributed by atoms with Gasteiger partial charge in [-0.2, -0.15) is 0 Å². The number of carboxylic acid groups (broad SMARTS) is 1. The number of hydrogen-bond donors (Lipinski definition) is 2. The van der Waals surface area contributed by atoms with E-state index in [-0.39, 0.29) is 18.4 Å². The van der Waals surface area contributed by atoms with Crippen LogP contribution < -0.4 is 10.1 Å². The molecule has 5 nitrogen and oxygen atoms in total. The second-order valence-electron chi connectivity index (χ2n) is 3.63. The molecule has 0 fully saturated rings. The molecule has 1 heterocycles. The maximum Gasteiger partial charge on any atom is 0.303 e.